The monoisotopic (exact) mass is 1200 g/mol. The van der Waals surface area contributed by atoms with E-state index in [0.29, 0.717) is 45.8 Å². The van der Waals surface area contributed by atoms with Gasteiger partial charge in [-0.15, -0.1) is 0 Å². The van der Waals surface area contributed by atoms with Gasteiger partial charge in [0.05, 0.1) is 42.3 Å². The summed E-state index contributed by atoms with van der Waals surface area (Å²) < 4.78 is 16.9. The Morgan fingerprint density at radius 3 is 1.80 bits per heavy atom. The van der Waals surface area contributed by atoms with Gasteiger partial charge in [0.15, 0.2) is 22.6 Å². The van der Waals surface area contributed by atoms with Crippen LogP contribution in [-0.2, 0) is 35.5 Å². The lowest BCUT2D eigenvalue weighted by atomic mass is 9.97. The molecule has 4 aromatic carbocycles. The Kier molecular flexibility index (Phi) is 22.6. The molecule has 10 rings (SSSR count). The van der Waals surface area contributed by atoms with Crippen LogP contribution in [-0.4, -0.2) is 83.2 Å². The van der Waals surface area contributed by atoms with Crippen molar-refractivity contribution in [1.82, 2.24) is 58.8 Å². The van der Waals surface area contributed by atoms with Crippen molar-refractivity contribution in [1.29, 1.82) is 0 Å². The molecule has 0 spiro atoms. The molecular weight excluding hydrogens is 1120 g/mol. The summed E-state index contributed by atoms with van der Waals surface area (Å²) in [6.07, 6.45) is 9.59. The molecule has 0 unspecified atom stereocenters. The van der Waals surface area contributed by atoms with Gasteiger partial charge in [-0.05, 0) is 129 Å². The number of rotatable bonds is 17. The Labute approximate surface area is 519 Å². The number of ether oxygens (including phenoxy) is 2. The normalized spacial score (nSPS) is 12.1. The molecule has 3 amide bonds. The summed E-state index contributed by atoms with van der Waals surface area (Å²) >= 11 is 0. The van der Waals surface area contributed by atoms with E-state index in [1.54, 1.807) is 61.2 Å². The van der Waals surface area contributed by atoms with E-state index >= 15 is 0 Å². The zero-order chi connectivity index (χ0) is 64.5. The summed E-state index contributed by atoms with van der Waals surface area (Å²) in [5.41, 5.74) is 9.36. The first-order valence-electron chi connectivity index (χ1n) is 29.4. The van der Waals surface area contributed by atoms with Gasteiger partial charge in [-0.3, -0.25) is 29.2 Å². The minimum absolute atomic E-state index is 0.0368. The van der Waals surface area contributed by atoms with Crippen LogP contribution in [0.1, 0.15) is 140 Å². The maximum absolute atomic E-state index is 12.6. The molecular formula is C69H79N13O7. The van der Waals surface area contributed by atoms with Gasteiger partial charge in [-0.25, -0.2) is 29.5 Å². The van der Waals surface area contributed by atoms with Gasteiger partial charge in [0.2, 0.25) is 17.7 Å². The van der Waals surface area contributed by atoms with Gasteiger partial charge < -0.3 is 23.9 Å². The molecule has 9 aromatic rings. The van der Waals surface area contributed by atoms with Crippen molar-refractivity contribution >= 4 is 57.5 Å². The van der Waals surface area contributed by atoms with Gasteiger partial charge in [0, 0.05) is 54.2 Å². The molecule has 1 aliphatic heterocycles. The van der Waals surface area contributed by atoms with Crippen LogP contribution < -0.4 is 25.8 Å². The summed E-state index contributed by atoms with van der Waals surface area (Å²) in [5.74, 6) is 0.384. The summed E-state index contributed by atoms with van der Waals surface area (Å²) in [6.45, 7) is 31.4. The second kappa shape index (κ2) is 30.4. The van der Waals surface area contributed by atoms with E-state index in [9.17, 15) is 24.0 Å². The van der Waals surface area contributed by atoms with E-state index in [-0.39, 0.29) is 84.8 Å². The second-order valence-electron chi connectivity index (χ2n) is 23.3. The number of nitrogens with zero attached hydrogens (tertiary/aromatic N) is 11. The fourth-order valence-electron chi connectivity index (χ4n) is 8.68. The Balaban J connectivity index is 0.000000184. The van der Waals surface area contributed by atoms with E-state index < -0.39 is 5.41 Å². The predicted octanol–water partition coefficient (Wildman–Crippen LogP) is 12.9. The third-order valence-electron chi connectivity index (χ3n) is 13.8. The number of hydrogen-bond acceptors (Lipinski definition) is 14. The largest absolute Gasteiger partial charge is 0.471 e. The first-order chi connectivity index (χ1) is 42.4. The number of allylic oxidation sites excluding steroid dienone is 2. The number of carbonyl (C=O) groups is 4. The number of aromatic nitrogens is 10. The number of carbonyl (C=O) groups excluding carboxylic acids is 4. The number of esters is 1. The van der Waals surface area contributed by atoms with Crippen LogP contribution in [0.4, 0.5) is 10.7 Å². The highest BCUT2D eigenvalue weighted by Gasteiger charge is 2.25. The second-order valence-corrected chi connectivity index (χ2v) is 23.3. The SMILES string of the molecule is C=C(Cc1ccn(C(C)C)c(=O)n1)c1ccccc1.C=C1NC(=O)N(C(C)C)C=C1C.CC(C)n1cnc2c(CC(=O)c3ccccc3)ncnc21.CC(C)n1cnc2c(OCc3ccc(OC(=O)C(C)(C)C)cc3)nc(NC(=O)Cc3ccccc3)nc21. The van der Waals surface area contributed by atoms with Crippen molar-refractivity contribution in [2.45, 2.75) is 133 Å². The van der Waals surface area contributed by atoms with E-state index in [4.69, 9.17) is 9.47 Å². The lowest BCUT2D eigenvalue weighted by molar-refractivity contribution is -0.143. The summed E-state index contributed by atoms with van der Waals surface area (Å²) in [5, 5.41) is 5.47. The number of fused-ring (bicyclic) bond motifs is 2. The van der Waals surface area contributed by atoms with Crippen LogP contribution in [0.3, 0.4) is 0 Å². The van der Waals surface area contributed by atoms with Gasteiger partial charge in [-0.1, -0.05) is 116 Å². The van der Waals surface area contributed by atoms with Crippen molar-refractivity contribution < 1.29 is 28.7 Å². The van der Waals surface area contributed by atoms with Gasteiger partial charge >= 0.3 is 17.7 Å². The molecule has 0 aliphatic carbocycles. The smallest absolute Gasteiger partial charge is 0.348 e. The van der Waals surface area contributed by atoms with Crippen LogP contribution >= 0.6 is 0 Å². The van der Waals surface area contributed by atoms with Crippen LogP contribution in [0.15, 0.2) is 182 Å². The molecule has 0 atom stereocenters. The predicted molar refractivity (Wildman–Crippen MR) is 347 cm³/mol. The molecule has 6 heterocycles. The molecule has 1 aliphatic rings. The lowest BCUT2D eigenvalue weighted by Crippen LogP contribution is -2.43. The van der Waals surface area contributed by atoms with Crippen molar-refractivity contribution in [2.24, 2.45) is 5.41 Å². The molecule has 2 N–H and O–H groups in total. The number of ketones is 1. The Morgan fingerprint density at radius 1 is 0.629 bits per heavy atom. The van der Waals surface area contributed by atoms with Crippen molar-refractivity contribution in [3.8, 4) is 11.6 Å². The van der Waals surface area contributed by atoms with E-state index in [1.165, 1.54) is 6.33 Å². The lowest BCUT2D eigenvalue weighted by Gasteiger charge is -2.28. The number of hydrogen-bond donors (Lipinski definition) is 2. The zero-order valence-electron chi connectivity index (χ0n) is 52.8. The number of amides is 3. The molecule has 5 aromatic heterocycles. The highest BCUT2D eigenvalue weighted by atomic mass is 16.5. The van der Waals surface area contributed by atoms with Crippen LogP contribution in [0.25, 0.3) is 27.9 Å². The topological polar surface area (TPSA) is 236 Å². The maximum atomic E-state index is 12.6. The van der Waals surface area contributed by atoms with Gasteiger partial charge in [0.25, 0.3) is 0 Å². The zero-order valence-corrected chi connectivity index (χ0v) is 52.8. The molecule has 20 heteroatoms. The quantitative estimate of drug-likeness (QED) is 0.0490. The highest BCUT2D eigenvalue weighted by Crippen LogP contribution is 2.27. The number of anilines is 1. The highest BCUT2D eigenvalue weighted by molar-refractivity contribution is 5.98. The van der Waals surface area contributed by atoms with Crippen molar-refractivity contribution in [2.75, 3.05) is 5.32 Å². The van der Waals surface area contributed by atoms with E-state index in [2.05, 4.69) is 72.5 Å². The molecule has 0 bridgehead atoms. The molecule has 0 radical (unpaired) electrons. The maximum Gasteiger partial charge on any atom is 0.348 e. The summed E-state index contributed by atoms with van der Waals surface area (Å²) in [7, 11) is 0. The van der Waals surface area contributed by atoms with Crippen molar-refractivity contribution in [3.05, 3.63) is 221 Å². The Bertz CT molecular complexity index is 4010. The minimum atomic E-state index is -0.590. The first-order valence-corrected chi connectivity index (χ1v) is 29.4. The summed E-state index contributed by atoms with van der Waals surface area (Å²) in [6, 6.07) is 38.2. The van der Waals surface area contributed by atoms with E-state index in [1.807, 2.05) is 173 Å². The number of benzene rings is 4. The number of imidazole rings is 2. The van der Waals surface area contributed by atoms with Gasteiger partial charge in [0.1, 0.15) is 24.2 Å². The number of nitrogens with one attached hydrogen (secondary N) is 2. The molecule has 89 heavy (non-hydrogen) atoms. The minimum Gasteiger partial charge on any atom is -0.471 e. The molecule has 462 valence electrons. The van der Waals surface area contributed by atoms with Crippen LogP contribution in [0, 0.1) is 5.41 Å². The summed E-state index contributed by atoms with van der Waals surface area (Å²) in [4.78, 5) is 92.3. The first kappa shape index (κ1) is 66.3. The van der Waals surface area contributed by atoms with Crippen LogP contribution in [0.5, 0.6) is 11.6 Å². The third kappa shape index (κ3) is 18.4. The number of urea groups is 1. The fraction of sp³-hybridized carbons (Fsp3) is 0.304. The molecule has 0 fully saturated rings. The van der Waals surface area contributed by atoms with E-state index in [0.717, 1.165) is 39.2 Å². The average Bonchev–Trinajstić information content (AvgIpc) is 1.90. The standard InChI is InChI=1S/C28H31N5O4.C16H16N4O.C16H18N2O.C9H14N2O/c1-18(2)33-17-29-23-24(33)31-27(30-22(34)15-19-9-7-6-8-10-19)32-25(23)36-16-20-11-13-21(14-12-20)37-26(35)28(3,4)5;1-11(2)20-10-19-15-13(17-9-18-16(15)20)8-14(21)12-6-4-3-5-7-12;1-12(2)18-10-9-15(17-16(18)19)11-13(3)14-7-5-4-6-8-14;1-6(2)11-5-7(3)8(4)10-9(11)12/h6-14,17-18H,15-16H2,1-5H3,(H,30,31,32,34);3-7,9-11H,8H2,1-2H3;4-10,12H,3,11H2,1-2H3;5-6H,4H2,1-3H3,(H,10,12). The van der Waals surface area contributed by atoms with Crippen LogP contribution in [0.2, 0.25) is 0 Å². The van der Waals surface area contributed by atoms with Gasteiger partial charge in [-0.2, -0.15) is 15.0 Å². The fourth-order valence-corrected chi connectivity index (χ4v) is 8.68. The average molecular weight is 1200 g/mol. The number of Topliss-reactive ketones (excluding diaryl/α,β-unsaturated/α-hetero) is 1. The Hall–Kier alpha value is -10.2. The molecule has 0 saturated carbocycles. The molecule has 0 saturated heterocycles. The Morgan fingerprint density at radius 2 is 1.21 bits per heavy atom. The van der Waals surface area contributed by atoms with Crippen molar-refractivity contribution in [3.63, 3.8) is 0 Å². The third-order valence-corrected chi connectivity index (χ3v) is 13.8. The molecule has 20 nitrogen and oxygen atoms in total.